The molecule has 1 heterocycles. The van der Waals surface area contributed by atoms with Gasteiger partial charge in [-0.15, -0.1) is 0 Å². The zero-order chi connectivity index (χ0) is 13.0. The van der Waals surface area contributed by atoms with Crippen molar-refractivity contribution in [3.05, 3.63) is 6.33 Å². The molecule has 0 radical (unpaired) electrons. The highest BCUT2D eigenvalue weighted by atomic mass is 16.5. The zero-order valence-corrected chi connectivity index (χ0v) is 10.7. The second-order valence-corrected chi connectivity index (χ2v) is 4.27. The third kappa shape index (κ3) is 2.99. The van der Waals surface area contributed by atoms with Gasteiger partial charge in [0.2, 0.25) is 5.75 Å². The van der Waals surface area contributed by atoms with E-state index in [1.165, 1.54) is 26.3 Å². The molecule has 3 N–H and O–H groups in total. The summed E-state index contributed by atoms with van der Waals surface area (Å²) in [5.74, 6) is 6.58. The van der Waals surface area contributed by atoms with E-state index in [4.69, 9.17) is 15.3 Å². The molecule has 0 saturated heterocycles. The van der Waals surface area contributed by atoms with Gasteiger partial charge in [0.25, 0.3) is 5.88 Å². The summed E-state index contributed by atoms with van der Waals surface area (Å²) in [6, 6.07) is 0.724. The normalized spacial score (nSPS) is 14.7. The Hall–Kier alpha value is -1.60. The van der Waals surface area contributed by atoms with E-state index in [9.17, 15) is 0 Å². The lowest BCUT2D eigenvalue weighted by atomic mass is 10.5. The van der Waals surface area contributed by atoms with Crippen LogP contribution >= 0.6 is 0 Å². The number of methoxy groups -OCH3 is 1. The van der Waals surface area contributed by atoms with Crippen molar-refractivity contribution in [1.29, 1.82) is 0 Å². The number of hydrogen-bond donors (Lipinski definition) is 2. The maximum atomic E-state index is 5.61. The van der Waals surface area contributed by atoms with E-state index < -0.39 is 0 Å². The first-order chi connectivity index (χ1) is 8.76. The van der Waals surface area contributed by atoms with E-state index >= 15 is 0 Å². The van der Waals surface area contributed by atoms with Crippen molar-refractivity contribution in [2.45, 2.75) is 18.9 Å². The van der Waals surface area contributed by atoms with Crippen LogP contribution in [0.5, 0.6) is 11.6 Å². The van der Waals surface area contributed by atoms with Crippen LogP contribution in [0.15, 0.2) is 6.33 Å². The van der Waals surface area contributed by atoms with Crippen LogP contribution < -0.4 is 20.7 Å². The van der Waals surface area contributed by atoms with Gasteiger partial charge in [0.05, 0.1) is 7.11 Å². The van der Waals surface area contributed by atoms with Gasteiger partial charge >= 0.3 is 0 Å². The number of nitrogen functional groups attached to an aromatic ring is 1. The van der Waals surface area contributed by atoms with E-state index in [0.29, 0.717) is 24.1 Å². The molecule has 1 aliphatic carbocycles. The van der Waals surface area contributed by atoms with Crippen LogP contribution in [0.1, 0.15) is 12.8 Å². The highest BCUT2D eigenvalue weighted by Crippen LogP contribution is 2.30. The van der Waals surface area contributed by atoms with Gasteiger partial charge in [-0.25, -0.2) is 10.8 Å². The lowest BCUT2D eigenvalue weighted by molar-refractivity contribution is 0.219. The number of ether oxygens (including phenoxy) is 2. The maximum absolute atomic E-state index is 5.61. The van der Waals surface area contributed by atoms with Gasteiger partial charge in [-0.1, -0.05) is 0 Å². The van der Waals surface area contributed by atoms with Crippen LogP contribution in [0.3, 0.4) is 0 Å². The largest absolute Gasteiger partial charge is 0.489 e. The van der Waals surface area contributed by atoms with Gasteiger partial charge < -0.3 is 19.8 Å². The number of nitrogens with two attached hydrogens (primary N) is 1. The van der Waals surface area contributed by atoms with Gasteiger partial charge in [0, 0.05) is 12.6 Å². The summed E-state index contributed by atoms with van der Waals surface area (Å²) in [5.41, 5.74) is 2.45. The van der Waals surface area contributed by atoms with E-state index in [0.717, 1.165) is 12.6 Å². The average Bonchev–Trinajstić information content (AvgIpc) is 3.22. The number of aromatic nitrogens is 2. The second-order valence-electron chi connectivity index (χ2n) is 4.27. The molecule has 1 fully saturated rings. The fourth-order valence-electron chi connectivity index (χ4n) is 1.73. The fourth-order valence-corrected chi connectivity index (χ4v) is 1.73. The fraction of sp³-hybridized carbons (Fsp3) is 0.636. The quantitative estimate of drug-likeness (QED) is 0.532. The van der Waals surface area contributed by atoms with Gasteiger partial charge in [-0.3, -0.25) is 0 Å². The van der Waals surface area contributed by atoms with Crippen LogP contribution in [0, 0.1) is 0 Å². The topological polar surface area (TPSA) is 85.5 Å². The minimum absolute atomic E-state index is 0.407. The zero-order valence-electron chi connectivity index (χ0n) is 10.7. The Morgan fingerprint density at radius 2 is 2.28 bits per heavy atom. The van der Waals surface area contributed by atoms with E-state index in [-0.39, 0.29) is 0 Å². The van der Waals surface area contributed by atoms with Crippen LogP contribution in [-0.2, 0) is 0 Å². The maximum Gasteiger partial charge on any atom is 0.262 e. The minimum atomic E-state index is 0.407. The summed E-state index contributed by atoms with van der Waals surface area (Å²) >= 11 is 0. The Kier molecular flexibility index (Phi) is 4.16. The first-order valence-electron chi connectivity index (χ1n) is 5.95. The Bertz CT molecular complexity index is 397. The summed E-state index contributed by atoms with van der Waals surface area (Å²) in [4.78, 5) is 10.3. The molecule has 0 aromatic carbocycles. The molecule has 0 atom stereocenters. The molecule has 0 amide bonds. The van der Waals surface area contributed by atoms with Crippen molar-refractivity contribution in [2.75, 3.05) is 32.7 Å². The van der Waals surface area contributed by atoms with Crippen LogP contribution in [0.4, 0.5) is 5.82 Å². The Morgan fingerprint density at radius 1 is 1.50 bits per heavy atom. The van der Waals surface area contributed by atoms with Crippen molar-refractivity contribution < 1.29 is 9.47 Å². The van der Waals surface area contributed by atoms with Crippen molar-refractivity contribution in [3.63, 3.8) is 0 Å². The number of nitrogens with one attached hydrogen (secondary N) is 1. The molecule has 1 aromatic heterocycles. The molecule has 100 valence electrons. The molecule has 0 bridgehead atoms. The van der Waals surface area contributed by atoms with E-state index in [2.05, 4.69) is 27.3 Å². The van der Waals surface area contributed by atoms with Crippen LogP contribution in [0.25, 0.3) is 0 Å². The molecule has 7 heteroatoms. The average molecular weight is 253 g/mol. The van der Waals surface area contributed by atoms with Crippen molar-refractivity contribution >= 4 is 5.82 Å². The standard InChI is InChI=1S/C11H19N5O2/c1-16(8-3-4-8)5-6-18-11-9(17-2)10(15-12)13-7-14-11/h7-8H,3-6,12H2,1-2H3,(H,13,14,15). The lowest BCUT2D eigenvalue weighted by Crippen LogP contribution is -2.26. The Morgan fingerprint density at radius 3 is 2.89 bits per heavy atom. The summed E-state index contributed by atoms with van der Waals surface area (Å²) in [6.45, 7) is 1.42. The van der Waals surface area contributed by atoms with Gasteiger partial charge in [0.15, 0.2) is 5.82 Å². The van der Waals surface area contributed by atoms with Crippen molar-refractivity contribution in [1.82, 2.24) is 14.9 Å². The predicted octanol–water partition coefficient (Wildman–Crippen LogP) is 0.244. The number of hydrogen-bond acceptors (Lipinski definition) is 7. The first kappa shape index (κ1) is 12.8. The number of nitrogens with zero attached hydrogens (tertiary/aromatic N) is 3. The van der Waals surface area contributed by atoms with E-state index in [1.54, 1.807) is 0 Å². The summed E-state index contributed by atoms with van der Waals surface area (Å²) in [7, 11) is 3.63. The number of anilines is 1. The van der Waals surface area contributed by atoms with Crippen LogP contribution in [0.2, 0.25) is 0 Å². The predicted molar refractivity (Wildman–Crippen MR) is 67.5 cm³/mol. The van der Waals surface area contributed by atoms with E-state index in [1.807, 2.05) is 0 Å². The summed E-state index contributed by atoms with van der Waals surface area (Å²) < 4.78 is 10.8. The first-order valence-corrected chi connectivity index (χ1v) is 5.95. The molecule has 18 heavy (non-hydrogen) atoms. The molecular weight excluding hydrogens is 234 g/mol. The van der Waals surface area contributed by atoms with Gasteiger partial charge in [-0.05, 0) is 19.9 Å². The molecular formula is C11H19N5O2. The lowest BCUT2D eigenvalue weighted by Gasteiger charge is -2.16. The molecule has 0 aliphatic heterocycles. The molecule has 7 nitrogen and oxygen atoms in total. The highest BCUT2D eigenvalue weighted by molar-refractivity contribution is 5.54. The van der Waals surface area contributed by atoms with Gasteiger partial charge in [0.1, 0.15) is 12.9 Å². The third-order valence-electron chi connectivity index (χ3n) is 2.96. The number of hydrazine groups is 1. The molecule has 0 unspecified atom stereocenters. The number of rotatable bonds is 7. The molecule has 1 aromatic rings. The Labute approximate surface area is 106 Å². The minimum Gasteiger partial charge on any atom is -0.489 e. The monoisotopic (exact) mass is 253 g/mol. The van der Waals surface area contributed by atoms with Gasteiger partial charge in [-0.2, -0.15) is 4.98 Å². The number of likely N-dealkylation sites (N-methyl/N-ethyl adjacent to an activating group) is 1. The smallest absolute Gasteiger partial charge is 0.262 e. The SMILES string of the molecule is COc1c(NN)ncnc1OCCN(C)C1CC1. The summed E-state index contributed by atoms with van der Waals surface area (Å²) in [6.07, 6.45) is 3.96. The second kappa shape index (κ2) is 5.83. The summed E-state index contributed by atoms with van der Waals surface area (Å²) in [5, 5.41) is 0. The highest BCUT2D eigenvalue weighted by Gasteiger charge is 2.25. The molecule has 1 aliphatic rings. The Balaban J connectivity index is 1.91. The van der Waals surface area contributed by atoms with Crippen molar-refractivity contribution in [3.8, 4) is 11.6 Å². The molecule has 2 rings (SSSR count). The molecule has 1 saturated carbocycles. The van der Waals surface area contributed by atoms with Crippen molar-refractivity contribution in [2.24, 2.45) is 5.84 Å². The van der Waals surface area contributed by atoms with Crippen LogP contribution in [-0.4, -0.2) is 48.2 Å². The third-order valence-corrected chi connectivity index (χ3v) is 2.96. The molecule has 0 spiro atoms.